The number of aromatic nitrogens is 2. The Hall–Kier alpha value is -2.42. The number of hydrogen-bond acceptors (Lipinski definition) is 7. The highest BCUT2D eigenvalue weighted by molar-refractivity contribution is 7.94. The molecule has 2 saturated carbocycles. The zero-order chi connectivity index (χ0) is 20.1. The van der Waals surface area contributed by atoms with Crippen LogP contribution in [0, 0.1) is 0 Å². The fourth-order valence-electron chi connectivity index (χ4n) is 3.47. The van der Waals surface area contributed by atoms with E-state index in [0.29, 0.717) is 29.5 Å². The van der Waals surface area contributed by atoms with Gasteiger partial charge in [0.1, 0.15) is 16.9 Å². The number of rotatable bonds is 7. The molecule has 0 saturated heterocycles. The third-order valence-electron chi connectivity index (χ3n) is 5.44. The molecule has 0 aliphatic heterocycles. The van der Waals surface area contributed by atoms with Crippen molar-refractivity contribution in [1.29, 1.82) is 0 Å². The van der Waals surface area contributed by atoms with E-state index >= 15 is 0 Å². The van der Waals surface area contributed by atoms with Crippen LogP contribution in [0.2, 0.25) is 0 Å². The molecule has 2 aliphatic rings. The molecule has 2 aromatic heterocycles. The number of fused-ring (bicyclic) bond motifs is 1. The first-order valence-corrected chi connectivity index (χ1v) is 10.9. The molecule has 4 rings (SSSR count). The summed E-state index contributed by atoms with van der Waals surface area (Å²) in [7, 11) is -1.66. The van der Waals surface area contributed by atoms with Crippen LogP contribution in [-0.2, 0) is 21.6 Å². The molecular formula is C19H22N2O6S. The maximum Gasteiger partial charge on any atom is 0.343 e. The van der Waals surface area contributed by atoms with Gasteiger partial charge in [-0.1, -0.05) is 0 Å². The largest absolute Gasteiger partial charge is 0.488 e. The molecule has 0 atom stereocenters. The summed E-state index contributed by atoms with van der Waals surface area (Å²) in [6, 6.07) is 1.43. The van der Waals surface area contributed by atoms with E-state index in [-0.39, 0.29) is 24.0 Å². The minimum atomic E-state index is -3.20. The third-order valence-corrected chi connectivity index (χ3v) is 8.53. The van der Waals surface area contributed by atoms with Gasteiger partial charge in [0.2, 0.25) is 0 Å². The lowest BCUT2D eigenvalue weighted by atomic mass is 10.2. The van der Waals surface area contributed by atoms with Crippen LogP contribution < -0.4 is 10.3 Å². The minimum Gasteiger partial charge on any atom is -0.488 e. The summed E-state index contributed by atoms with van der Waals surface area (Å²) in [5, 5.41) is 0.304. The Balaban J connectivity index is 1.68. The van der Waals surface area contributed by atoms with Gasteiger partial charge in [0, 0.05) is 18.6 Å². The van der Waals surface area contributed by atoms with E-state index in [1.807, 2.05) is 0 Å². The molecule has 0 spiro atoms. The van der Waals surface area contributed by atoms with Crippen LogP contribution >= 0.6 is 0 Å². The van der Waals surface area contributed by atoms with Gasteiger partial charge in [0.25, 0.3) is 5.56 Å². The molecule has 0 unspecified atom stereocenters. The Morgan fingerprint density at radius 3 is 2.64 bits per heavy atom. The normalized spacial score (nSPS) is 18.1. The van der Waals surface area contributed by atoms with Crippen molar-refractivity contribution >= 4 is 26.7 Å². The summed E-state index contributed by atoms with van der Waals surface area (Å²) >= 11 is 0. The standard InChI is InChI=1S/C19H22N2O6S/c1-3-26-18(23)14-8-12-9-20-10-15(16(12)21(2)17(14)22)27-11-19(6-7-19)28(24,25)13-4-5-13/h8-10,13H,3-7,11H2,1-2H3. The first-order chi connectivity index (χ1) is 13.3. The van der Waals surface area contributed by atoms with E-state index in [9.17, 15) is 18.0 Å². The quantitative estimate of drug-likeness (QED) is 0.643. The number of sulfone groups is 1. The molecule has 2 heterocycles. The van der Waals surface area contributed by atoms with Crippen molar-refractivity contribution in [2.75, 3.05) is 13.2 Å². The summed E-state index contributed by atoms with van der Waals surface area (Å²) in [6.07, 6.45) is 5.63. The highest BCUT2D eigenvalue weighted by Gasteiger charge is 2.60. The Bertz CT molecular complexity index is 1110. The summed E-state index contributed by atoms with van der Waals surface area (Å²) in [6.45, 7) is 1.87. The van der Waals surface area contributed by atoms with Gasteiger partial charge in [-0.2, -0.15) is 0 Å². The Morgan fingerprint density at radius 1 is 1.32 bits per heavy atom. The van der Waals surface area contributed by atoms with E-state index in [1.165, 1.54) is 30.1 Å². The summed E-state index contributed by atoms with van der Waals surface area (Å²) in [5.74, 6) is -0.367. The van der Waals surface area contributed by atoms with E-state index < -0.39 is 26.1 Å². The summed E-state index contributed by atoms with van der Waals surface area (Å²) < 4.78 is 36.6. The summed E-state index contributed by atoms with van der Waals surface area (Å²) in [5.41, 5.74) is -0.118. The molecule has 28 heavy (non-hydrogen) atoms. The van der Waals surface area contributed by atoms with E-state index in [2.05, 4.69) is 4.98 Å². The molecule has 2 aromatic rings. The fraction of sp³-hybridized carbons (Fsp3) is 0.526. The lowest BCUT2D eigenvalue weighted by molar-refractivity contribution is 0.0524. The fourth-order valence-corrected chi connectivity index (χ4v) is 5.82. The maximum atomic E-state index is 12.7. The zero-order valence-electron chi connectivity index (χ0n) is 15.8. The Morgan fingerprint density at radius 2 is 2.04 bits per heavy atom. The van der Waals surface area contributed by atoms with Crippen LogP contribution in [0.25, 0.3) is 10.9 Å². The maximum absolute atomic E-state index is 12.7. The van der Waals surface area contributed by atoms with Gasteiger partial charge in [-0.05, 0) is 38.7 Å². The van der Waals surface area contributed by atoms with Gasteiger partial charge < -0.3 is 14.0 Å². The molecular weight excluding hydrogens is 384 g/mol. The topological polar surface area (TPSA) is 105 Å². The van der Waals surface area contributed by atoms with Crippen LogP contribution in [0.5, 0.6) is 5.75 Å². The molecule has 0 bridgehead atoms. The third kappa shape index (κ3) is 2.97. The van der Waals surface area contributed by atoms with Crippen LogP contribution in [0.4, 0.5) is 0 Å². The highest BCUT2D eigenvalue weighted by atomic mass is 32.2. The second-order valence-electron chi connectivity index (χ2n) is 7.43. The minimum absolute atomic E-state index is 0.0421. The number of pyridine rings is 2. The second kappa shape index (κ2) is 6.58. The van der Waals surface area contributed by atoms with E-state index in [4.69, 9.17) is 9.47 Å². The monoisotopic (exact) mass is 406 g/mol. The average Bonchev–Trinajstić information content (AvgIpc) is 3.56. The van der Waals surface area contributed by atoms with Crippen molar-refractivity contribution in [2.24, 2.45) is 7.05 Å². The first-order valence-electron chi connectivity index (χ1n) is 9.32. The molecule has 0 radical (unpaired) electrons. The van der Waals surface area contributed by atoms with Gasteiger partial charge >= 0.3 is 5.97 Å². The lowest BCUT2D eigenvalue weighted by Crippen LogP contribution is -2.33. The first kappa shape index (κ1) is 18.9. The SMILES string of the molecule is CCOC(=O)c1cc2cncc(OCC3(S(=O)(=O)C4CC4)CC3)c2n(C)c1=O. The number of nitrogens with zero attached hydrogens (tertiary/aromatic N) is 2. The number of carbonyl (C=O) groups is 1. The molecule has 150 valence electrons. The molecule has 2 fully saturated rings. The van der Waals surface area contributed by atoms with Crippen LogP contribution in [0.1, 0.15) is 43.0 Å². The van der Waals surface area contributed by atoms with Crippen LogP contribution in [0.15, 0.2) is 23.3 Å². The molecule has 9 heteroatoms. The molecule has 0 aromatic carbocycles. The van der Waals surface area contributed by atoms with Crippen molar-refractivity contribution in [3.63, 3.8) is 0 Å². The molecule has 2 aliphatic carbocycles. The molecule has 8 nitrogen and oxygen atoms in total. The zero-order valence-corrected chi connectivity index (χ0v) is 16.6. The van der Waals surface area contributed by atoms with Crippen molar-refractivity contribution in [1.82, 2.24) is 9.55 Å². The smallest absolute Gasteiger partial charge is 0.343 e. The van der Waals surface area contributed by atoms with Gasteiger partial charge in [-0.3, -0.25) is 9.78 Å². The van der Waals surface area contributed by atoms with Crippen molar-refractivity contribution in [2.45, 2.75) is 42.6 Å². The Labute approximate surface area is 162 Å². The summed E-state index contributed by atoms with van der Waals surface area (Å²) in [4.78, 5) is 28.8. The number of ether oxygens (including phenoxy) is 2. The van der Waals surface area contributed by atoms with Gasteiger partial charge in [0.15, 0.2) is 15.6 Å². The van der Waals surface area contributed by atoms with E-state index in [0.717, 1.165) is 12.8 Å². The van der Waals surface area contributed by atoms with E-state index in [1.54, 1.807) is 6.92 Å². The number of aryl methyl sites for hydroxylation is 1. The highest BCUT2D eigenvalue weighted by Crippen LogP contribution is 2.50. The average molecular weight is 406 g/mol. The van der Waals surface area contributed by atoms with Gasteiger partial charge in [0.05, 0.1) is 23.6 Å². The lowest BCUT2D eigenvalue weighted by Gasteiger charge is -2.18. The molecule has 0 N–H and O–H groups in total. The second-order valence-corrected chi connectivity index (χ2v) is 10.1. The van der Waals surface area contributed by atoms with Crippen molar-refractivity contribution < 1.29 is 22.7 Å². The van der Waals surface area contributed by atoms with Crippen molar-refractivity contribution in [3.05, 3.63) is 34.4 Å². The van der Waals surface area contributed by atoms with Gasteiger partial charge in [-0.25, -0.2) is 13.2 Å². The van der Waals surface area contributed by atoms with Crippen LogP contribution in [0.3, 0.4) is 0 Å². The van der Waals surface area contributed by atoms with Crippen molar-refractivity contribution in [3.8, 4) is 5.75 Å². The van der Waals surface area contributed by atoms with Gasteiger partial charge in [-0.15, -0.1) is 0 Å². The molecule has 0 amide bonds. The number of esters is 1. The predicted octanol–water partition coefficient (Wildman–Crippen LogP) is 1.60. The number of carbonyl (C=O) groups excluding carboxylic acids is 1. The Kier molecular flexibility index (Phi) is 4.45. The van der Waals surface area contributed by atoms with Crippen LogP contribution in [-0.4, -0.2) is 47.1 Å². The predicted molar refractivity (Wildman–Crippen MR) is 102 cm³/mol. The number of hydrogen-bond donors (Lipinski definition) is 0.